The van der Waals surface area contributed by atoms with Crippen molar-refractivity contribution in [2.24, 2.45) is 0 Å². The molecule has 62 valence electrons. The van der Waals surface area contributed by atoms with E-state index in [0.717, 1.165) is 0 Å². The van der Waals surface area contributed by atoms with E-state index in [0.29, 0.717) is 13.0 Å². The molecule has 0 bridgehead atoms. The lowest BCUT2D eigenvalue weighted by atomic mass is 10.6. The Morgan fingerprint density at radius 2 is 2.36 bits per heavy atom. The predicted octanol–water partition coefficient (Wildman–Crippen LogP) is -0.359. The van der Waals surface area contributed by atoms with Crippen molar-refractivity contribution in [3.8, 4) is 0 Å². The number of nitrogens with one attached hydrogen (secondary N) is 1. The Morgan fingerprint density at radius 3 is 2.82 bits per heavy atom. The largest absolute Gasteiger partial charge is 0.395 e. The standard InChI is InChI=1S/C7H12N2O2/c1-2-9(5-6-10)4-3-8-7-11/h2-4,7,10H,1,5-6H2,(H,8,11)/b4-3+. The molecular weight excluding hydrogens is 144 g/mol. The highest BCUT2D eigenvalue weighted by Gasteiger charge is 1.88. The third-order valence-corrected chi connectivity index (χ3v) is 1.02. The van der Waals surface area contributed by atoms with Gasteiger partial charge >= 0.3 is 0 Å². The number of aliphatic hydroxyl groups is 1. The second-order valence-electron chi connectivity index (χ2n) is 1.74. The van der Waals surface area contributed by atoms with Gasteiger partial charge in [0.05, 0.1) is 6.61 Å². The molecule has 0 saturated carbocycles. The van der Waals surface area contributed by atoms with Crippen molar-refractivity contribution in [3.63, 3.8) is 0 Å². The molecule has 4 nitrogen and oxygen atoms in total. The number of hydrogen-bond donors (Lipinski definition) is 2. The molecule has 0 unspecified atom stereocenters. The predicted molar refractivity (Wildman–Crippen MR) is 42.3 cm³/mol. The van der Waals surface area contributed by atoms with Gasteiger partial charge in [0.1, 0.15) is 0 Å². The fourth-order valence-electron chi connectivity index (χ4n) is 0.520. The molecule has 0 aliphatic carbocycles. The summed E-state index contributed by atoms with van der Waals surface area (Å²) in [5, 5.41) is 10.9. The molecule has 0 aliphatic rings. The summed E-state index contributed by atoms with van der Waals surface area (Å²) in [6.07, 6.45) is 5.19. The van der Waals surface area contributed by atoms with Crippen LogP contribution in [0.2, 0.25) is 0 Å². The van der Waals surface area contributed by atoms with Gasteiger partial charge in [-0.15, -0.1) is 0 Å². The molecule has 11 heavy (non-hydrogen) atoms. The summed E-state index contributed by atoms with van der Waals surface area (Å²) in [6, 6.07) is 0. The third-order valence-electron chi connectivity index (χ3n) is 1.02. The van der Waals surface area contributed by atoms with E-state index < -0.39 is 0 Å². The first kappa shape index (κ1) is 9.71. The maximum absolute atomic E-state index is 9.78. The molecular formula is C7H12N2O2. The molecule has 0 spiro atoms. The number of rotatable bonds is 6. The number of amides is 1. The molecule has 0 aromatic rings. The molecule has 0 heterocycles. The quantitative estimate of drug-likeness (QED) is 0.516. The Morgan fingerprint density at radius 1 is 1.64 bits per heavy atom. The second-order valence-corrected chi connectivity index (χ2v) is 1.74. The van der Waals surface area contributed by atoms with Crippen LogP contribution in [0.25, 0.3) is 0 Å². The molecule has 1 amide bonds. The number of carbonyl (C=O) groups is 1. The first-order valence-corrected chi connectivity index (χ1v) is 3.20. The minimum Gasteiger partial charge on any atom is -0.395 e. The van der Waals surface area contributed by atoms with E-state index in [2.05, 4.69) is 11.9 Å². The van der Waals surface area contributed by atoms with Gasteiger partial charge < -0.3 is 15.3 Å². The van der Waals surface area contributed by atoms with Gasteiger partial charge in [-0.1, -0.05) is 6.58 Å². The number of carbonyl (C=O) groups excluding carboxylic acids is 1. The van der Waals surface area contributed by atoms with Gasteiger partial charge in [0, 0.05) is 18.9 Å². The topological polar surface area (TPSA) is 52.6 Å². The van der Waals surface area contributed by atoms with Gasteiger partial charge in [-0.3, -0.25) is 4.79 Å². The average molecular weight is 156 g/mol. The lowest BCUT2D eigenvalue weighted by Crippen LogP contribution is -2.15. The van der Waals surface area contributed by atoms with Crippen LogP contribution in [0.15, 0.2) is 25.2 Å². The molecule has 0 aromatic carbocycles. The van der Waals surface area contributed by atoms with Gasteiger partial charge in [0.15, 0.2) is 0 Å². The van der Waals surface area contributed by atoms with E-state index in [1.54, 1.807) is 17.3 Å². The fourth-order valence-corrected chi connectivity index (χ4v) is 0.520. The Balaban J connectivity index is 3.65. The second kappa shape index (κ2) is 6.82. The summed E-state index contributed by atoms with van der Waals surface area (Å²) in [4.78, 5) is 11.4. The molecule has 4 heteroatoms. The van der Waals surface area contributed by atoms with Gasteiger partial charge in [-0.05, 0) is 6.20 Å². The van der Waals surface area contributed by atoms with Crippen molar-refractivity contribution >= 4 is 6.41 Å². The fraction of sp³-hybridized carbons (Fsp3) is 0.286. The van der Waals surface area contributed by atoms with Crippen molar-refractivity contribution in [1.82, 2.24) is 10.2 Å². The van der Waals surface area contributed by atoms with Gasteiger partial charge in [-0.2, -0.15) is 0 Å². The SMILES string of the molecule is C=CN(/C=C/NC=O)CCO. The molecule has 0 saturated heterocycles. The maximum Gasteiger partial charge on any atom is 0.211 e. The zero-order valence-corrected chi connectivity index (χ0v) is 6.23. The summed E-state index contributed by atoms with van der Waals surface area (Å²) in [6.45, 7) is 4.03. The van der Waals surface area contributed by atoms with Crippen LogP contribution in [0.4, 0.5) is 0 Å². The molecule has 0 rings (SSSR count). The lowest BCUT2D eigenvalue weighted by molar-refractivity contribution is -0.108. The molecule has 0 atom stereocenters. The molecule has 0 aliphatic heterocycles. The summed E-state index contributed by atoms with van der Waals surface area (Å²) in [5.74, 6) is 0. The maximum atomic E-state index is 9.78. The van der Waals surface area contributed by atoms with Crippen LogP contribution in [-0.2, 0) is 4.79 Å². The molecule has 0 radical (unpaired) electrons. The van der Waals surface area contributed by atoms with Crippen molar-refractivity contribution in [2.75, 3.05) is 13.2 Å². The van der Waals surface area contributed by atoms with Crippen molar-refractivity contribution in [2.45, 2.75) is 0 Å². The highest BCUT2D eigenvalue weighted by atomic mass is 16.3. The van der Waals surface area contributed by atoms with Crippen LogP contribution in [0.5, 0.6) is 0 Å². The minimum atomic E-state index is 0.0530. The van der Waals surface area contributed by atoms with Gasteiger partial charge in [0.25, 0.3) is 0 Å². The van der Waals surface area contributed by atoms with Gasteiger partial charge in [0.2, 0.25) is 6.41 Å². The number of hydrogen-bond acceptors (Lipinski definition) is 3. The van der Waals surface area contributed by atoms with Crippen LogP contribution in [0, 0.1) is 0 Å². The van der Waals surface area contributed by atoms with Crippen molar-refractivity contribution < 1.29 is 9.90 Å². The van der Waals surface area contributed by atoms with Crippen LogP contribution in [0.1, 0.15) is 0 Å². The smallest absolute Gasteiger partial charge is 0.211 e. The first-order valence-electron chi connectivity index (χ1n) is 3.20. The van der Waals surface area contributed by atoms with Crippen molar-refractivity contribution in [1.29, 1.82) is 0 Å². The highest BCUT2D eigenvalue weighted by Crippen LogP contribution is 1.86. The molecule has 0 aromatic heterocycles. The Kier molecular flexibility index (Phi) is 6.02. The van der Waals surface area contributed by atoms with E-state index in [1.807, 2.05) is 0 Å². The summed E-state index contributed by atoms with van der Waals surface area (Å²) < 4.78 is 0. The Hall–Kier alpha value is -1.29. The van der Waals surface area contributed by atoms with Crippen LogP contribution < -0.4 is 5.32 Å². The van der Waals surface area contributed by atoms with Crippen LogP contribution >= 0.6 is 0 Å². The Labute approximate surface area is 65.8 Å². The van der Waals surface area contributed by atoms with E-state index in [1.165, 1.54) is 6.20 Å². The van der Waals surface area contributed by atoms with Crippen LogP contribution in [0.3, 0.4) is 0 Å². The van der Waals surface area contributed by atoms with E-state index in [4.69, 9.17) is 5.11 Å². The van der Waals surface area contributed by atoms with Crippen molar-refractivity contribution in [3.05, 3.63) is 25.2 Å². The highest BCUT2D eigenvalue weighted by molar-refractivity contribution is 5.47. The summed E-state index contributed by atoms with van der Waals surface area (Å²) >= 11 is 0. The first-order chi connectivity index (χ1) is 5.35. The monoisotopic (exact) mass is 156 g/mol. The zero-order chi connectivity index (χ0) is 8.53. The third kappa shape index (κ3) is 5.17. The average Bonchev–Trinajstić information content (AvgIpc) is 2.03. The molecule has 0 fully saturated rings. The number of aliphatic hydroxyl groups excluding tert-OH is 1. The van der Waals surface area contributed by atoms with Gasteiger partial charge in [-0.25, -0.2) is 0 Å². The van der Waals surface area contributed by atoms with E-state index >= 15 is 0 Å². The minimum absolute atomic E-state index is 0.0530. The normalized spacial score (nSPS) is 9.55. The van der Waals surface area contributed by atoms with Crippen LogP contribution in [-0.4, -0.2) is 29.6 Å². The summed E-state index contributed by atoms with van der Waals surface area (Å²) in [7, 11) is 0. The van der Waals surface area contributed by atoms with E-state index in [-0.39, 0.29) is 6.61 Å². The zero-order valence-electron chi connectivity index (χ0n) is 6.23. The summed E-state index contributed by atoms with van der Waals surface area (Å²) in [5.41, 5.74) is 0. The lowest BCUT2D eigenvalue weighted by Gasteiger charge is -2.11. The van der Waals surface area contributed by atoms with E-state index in [9.17, 15) is 4.79 Å². The Bertz CT molecular complexity index is 145. The number of nitrogens with zero attached hydrogens (tertiary/aromatic N) is 1. The molecule has 2 N–H and O–H groups in total.